The van der Waals surface area contributed by atoms with Gasteiger partial charge < -0.3 is 9.73 Å². The standard InChI is InChI=1S/C17H9ClF4N2O2/c18-11-5-6-13(12(19)7-11)23-15(25)10-3-1-9(2-4-10)14-8-26-16(24-14)17(20,21)22/h1-8H,(H,23,25). The van der Waals surface area contributed by atoms with Crippen molar-refractivity contribution in [1.82, 2.24) is 4.98 Å². The second-order valence-electron chi connectivity index (χ2n) is 5.19. The molecule has 1 aromatic heterocycles. The first-order valence-electron chi connectivity index (χ1n) is 7.13. The largest absolute Gasteiger partial charge is 0.468 e. The number of hydrogen-bond donors (Lipinski definition) is 1. The number of carbonyl (C=O) groups excluding carboxylic acids is 1. The summed E-state index contributed by atoms with van der Waals surface area (Å²) in [7, 11) is 0. The van der Waals surface area contributed by atoms with E-state index in [1.807, 2.05) is 0 Å². The van der Waals surface area contributed by atoms with Crippen LogP contribution in [0.15, 0.2) is 53.1 Å². The van der Waals surface area contributed by atoms with Crippen molar-refractivity contribution >= 4 is 23.2 Å². The van der Waals surface area contributed by atoms with E-state index in [1.165, 1.54) is 36.4 Å². The van der Waals surface area contributed by atoms with Crippen LogP contribution in [-0.4, -0.2) is 10.9 Å². The van der Waals surface area contributed by atoms with Crippen LogP contribution >= 0.6 is 11.6 Å². The summed E-state index contributed by atoms with van der Waals surface area (Å²) in [5.41, 5.74) is 0.448. The maximum atomic E-state index is 13.7. The van der Waals surface area contributed by atoms with Crippen molar-refractivity contribution in [2.45, 2.75) is 6.18 Å². The molecule has 0 aliphatic rings. The monoisotopic (exact) mass is 384 g/mol. The highest BCUT2D eigenvalue weighted by molar-refractivity contribution is 6.30. The van der Waals surface area contributed by atoms with Gasteiger partial charge in [0.05, 0.1) is 5.69 Å². The van der Waals surface area contributed by atoms with Gasteiger partial charge in [0.2, 0.25) is 0 Å². The quantitative estimate of drug-likeness (QED) is 0.615. The van der Waals surface area contributed by atoms with Crippen LogP contribution in [0.2, 0.25) is 5.02 Å². The Morgan fingerprint density at radius 2 is 1.81 bits per heavy atom. The van der Waals surface area contributed by atoms with Gasteiger partial charge in [-0.25, -0.2) is 9.37 Å². The van der Waals surface area contributed by atoms with Gasteiger partial charge in [-0.3, -0.25) is 4.79 Å². The number of amides is 1. The second-order valence-corrected chi connectivity index (χ2v) is 5.63. The van der Waals surface area contributed by atoms with E-state index in [-0.39, 0.29) is 22.0 Å². The topological polar surface area (TPSA) is 55.1 Å². The first-order chi connectivity index (χ1) is 12.2. The maximum absolute atomic E-state index is 13.7. The fourth-order valence-corrected chi connectivity index (χ4v) is 2.27. The lowest BCUT2D eigenvalue weighted by atomic mass is 10.1. The van der Waals surface area contributed by atoms with Crippen molar-refractivity contribution in [2.24, 2.45) is 0 Å². The third-order valence-corrected chi connectivity index (χ3v) is 3.60. The minimum atomic E-state index is -4.68. The molecule has 0 unspecified atom stereocenters. The summed E-state index contributed by atoms with van der Waals surface area (Å²) < 4.78 is 55.6. The van der Waals surface area contributed by atoms with Crippen LogP contribution in [0.25, 0.3) is 11.3 Å². The molecule has 0 fully saturated rings. The van der Waals surface area contributed by atoms with Crippen molar-refractivity contribution in [3.8, 4) is 11.3 Å². The van der Waals surface area contributed by atoms with Gasteiger partial charge in [-0.2, -0.15) is 13.2 Å². The molecule has 26 heavy (non-hydrogen) atoms. The van der Waals surface area contributed by atoms with Gasteiger partial charge in [0, 0.05) is 16.1 Å². The molecule has 4 nitrogen and oxygen atoms in total. The second kappa shape index (κ2) is 6.80. The average Bonchev–Trinajstić information content (AvgIpc) is 3.08. The van der Waals surface area contributed by atoms with Gasteiger partial charge in [-0.1, -0.05) is 23.7 Å². The third-order valence-electron chi connectivity index (χ3n) is 3.37. The van der Waals surface area contributed by atoms with Crippen molar-refractivity contribution in [3.05, 3.63) is 71.0 Å². The van der Waals surface area contributed by atoms with E-state index < -0.39 is 23.8 Å². The first-order valence-corrected chi connectivity index (χ1v) is 7.51. The molecule has 0 aliphatic heterocycles. The molecule has 1 N–H and O–H groups in total. The first kappa shape index (κ1) is 17.9. The number of aromatic nitrogens is 1. The minimum Gasteiger partial charge on any atom is -0.441 e. The van der Waals surface area contributed by atoms with E-state index in [9.17, 15) is 22.4 Å². The lowest BCUT2D eigenvalue weighted by molar-refractivity contribution is -0.157. The molecular formula is C17H9ClF4N2O2. The summed E-state index contributed by atoms with van der Waals surface area (Å²) in [5.74, 6) is -2.63. The molecule has 2 aromatic carbocycles. The molecule has 0 radical (unpaired) electrons. The summed E-state index contributed by atoms with van der Waals surface area (Å²) >= 11 is 5.64. The Morgan fingerprint density at radius 1 is 1.12 bits per heavy atom. The molecule has 0 atom stereocenters. The summed E-state index contributed by atoms with van der Waals surface area (Å²) in [6, 6.07) is 9.37. The molecule has 0 aliphatic carbocycles. The number of anilines is 1. The van der Waals surface area contributed by atoms with Crippen LogP contribution in [-0.2, 0) is 6.18 Å². The average molecular weight is 385 g/mol. The lowest BCUT2D eigenvalue weighted by Gasteiger charge is -2.07. The molecule has 0 bridgehead atoms. The normalized spacial score (nSPS) is 11.4. The highest BCUT2D eigenvalue weighted by atomic mass is 35.5. The number of nitrogens with one attached hydrogen (secondary N) is 1. The maximum Gasteiger partial charge on any atom is 0.468 e. The van der Waals surface area contributed by atoms with Crippen molar-refractivity contribution in [3.63, 3.8) is 0 Å². The molecule has 1 heterocycles. The van der Waals surface area contributed by atoms with E-state index in [2.05, 4.69) is 14.7 Å². The van der Waals surface area contributed by atoms with Crippen LogP contribution in [0, 0.1) is 5.82 Å². The van der Waals surface area contributed by atoms with E-state index in [0.29, 0.717) is 5.56 Å². The molecule has 0 saturated heterocycles. The molecule has 0 saturated carbocycles. The van der Waals surface area contributed by atoms with Gasteiger partial charge >= 0.3 is 12.1 Å². The smallest absolute Gasteiger partial charge is 0.441 e. The molecular weight excluding hydrogens is 376 g/mol. The highest BCUT2D eigenvalue weighted by Crippen LogP contribution is 2.31. The van der Waals surface area contributed by atoms with Gasteiger partial charge in [-0.15, -0.1) is 0 Å². The molecule has 1 amide bonds. The van der Waals surface area contributed by atoms with Crippen molar-refractivity contribution < 1.29 is 26.8 Å². The van der Waals surface area contributed by atoms with E-state index in [1.54, 1.807) is 0 Å². The van der Waals surface area contributed by atoms with Crippen LogP contribution < -0.4 is 5.32 Å². The number of halogens is 5. The Hall–Kier alpha value is -2.87. The van der Waals surface area contributed by atoms with Gasteiger partial charge in [0.1, 0.15) is 17.8 Å². The van der Waals surface area contributed by atoms with Gasteiger partial charge in [-0.05, 0) is 30.3 Å². The zero-order chi connectivity index (χ0) is 18.9. The van der Waals surface area contributed by atoms with Crippen LogP contribution in [0.4, 0.5) is 23.2 Å². The van der Waals surface area contributed by atoms with Crippen LogP contribution in [0.1, 0.15) is 16.2 Å². The highest BCUT2D eigenvalue weighted by Gasteiger charge is 2.37. The number of benzene rings is 2. The Balaban J connectivity index is 1.76. The van der Waals surface area contributed by atoms with Crippen LogP contribution in [0.5, 0.6) is 0 Å². The molecule has 9 heteroatoms. The Morgan fingerprint density at radius 3 is 2.38 bits per heavy atom. The van der Waals surface area contributed by atoms with E-state index >= 15 is 0 Å². The lowest BCUT2D eigenvalue weighted by Crippen LogP contribution is -2.12. The zero-order valence-electron chi connectivity index (χ0n) is 12.8. The third kappa shape index (κ3) is 3.85. The number of carbonyl (C=O) groups is 1. The number of hydrogen-bond acceptors (Lipinski definition) is 3. The number of rotatable bonds is 3. The Kier molecular flexibility index (Phi) is 4.69. The predicted molar refractivity (Wildman–Crippen MR) is 86.3 cm³/mol. The summed E-state index contributed by atoms with van der Waals surface area (Å²) in [5, 5.41) is 2.57. The fraction of sp³-hybridized carbons (Fsp3) is 0.0588. The minimum absolute atomic E-state index is 0.0203. The molecule has 0 spiro atoms. The summed E-state index contributed by atoms with van der Waals surface area (Å²) in [4.78, 5) is 15.5. The number of oxazole rings is 1. The predicted octanol–water partition coefficient (Wildman–Crippen LogP) is 5.41. The Bertz CT molecular complexity index is 952. The van der Waals surface area contributed by atoms with Crippen molar-refractivity contribution in [1.29, 1.82) is 0 Å². The number of nitrogens with zero attached hydrogens (tertiary/aromatic N) is 1. The zero-order valence-corrected chi connectivity index (χ0v) is 13.5. The van der Waals surface area contributed by atoms with Gasteiger partial charge in [0.25, 0.3) is 5.91 Å². The molecule has 134 valence electrons. The summed E-state index contributed by atoms with van der Waals surface area (Å²) in [6.45, 7) is 0. The SMILES string of the molecule is O=C(Nc1ccc(Cl)cc1F)c1ccc(-c2coc(C(F)(F)F)n2)cc1. The fourth-order valence-electron chi connectivity index (χ4n) is 2.11. The van der Waals surface area contributed by atoms with Crippen molar-refractivity contribution in [2.75, 3.05) is 5.32 Å². The number of alkyl halides is 3. The van der Waals surface area contributed by atoms with E-state index in [0.717, 1.165) is 12.3 Å². The molecule has 3 rings (SSSR count). The van der Waals surface area contributed by atoms with Crippen LogP contribution in [0.3, 0.4) is 0 Å². The Labute approximate surface area is 149 Å². The van der Waals surface area contributed by atoms with E-state index in [4.69, 9.17) is 11.6 Å². The van der Waals surface area contributed by atoms with Gasteiger partial charge in [0.15, 0.2) is 0 Å². The molecule has 3 aromatic rings. The summed E-state index contributed by atoms with van der Waals surface area (Å²) in [6.07, 6.45) is -3.80.